The Hall–Kier alpha value is -4.08. The minimum absolute atomic E-state index is 0.0212. The molecule has 4 amide bonds. The number of amides is 4. The van der Waals surface area contributed by atoms with Crippen molar-refractivity contribution in [3.63, 3.8) is 0 Å². The molecule has 0 atom stereocenters. The third-order valence-electron chi connectivity index (χ3n) is 5.91. The zero-order valence-corrected chi connectivity index (χ0v) is 17.8. The number of hydrogen-bond acceptors (Lipinski definition) is 6. The van der Waals surface area contributed by atoms with E-state index in [2.05, 4.69) is 0 Å². The van der Waals surface area contributed by atoms with Crippen LogP contribution in [-0.2, 0) is 16.0 Å². The number of carbonyl (C=O) groups is 4. The highest BCUT2D eigenvalue weighted by molar-refractivity contribution is 6.22. The highest BCUT2D eigenvalue weighted by Crippen LogP contribution is 2.26. The number of nitro benzene ring substituents is 1. The molecule has 2 aromatic carbocycles. The molecule has 0 N–H and O–H groups in total. The molecule has 4 rings (SSSR count). The summed E-state index contributed by atoms with van der Waals surface area (Å²) in [5.74, 6) is -1.75. The van der Waals surface area contributed by atoms with Gasteiger partial charge in [-0.3, -0.25) is 34.2 Å². The molecule has 10 heteroatoms. The maximum Gasteiger partial charge on any atom is 0.270 e. The summed E-state index contributed by atoms with van der Waals surface area (Å²) < 4.78 is 0. The Morgan fingerprint density at radius 2 is 1.45 bits per heavy atom. The van der Waals surface area contributed by atoms with E-state index in [4.69, 9.17) is 0 Å². The molecule has 10 nitrogen and oxygen atoms in total. The van der Waals surface area contributed by atoms with Crippen molar-refractivity contribution in [2.45, 2.75) is 12.8 Å². The second-order valence-electron chi connectivity index (χ2n) is 7.93. The van der Waals surface area contributed by atoms with Gasteiger partial charge < -0.3 is 9.80 Å². The Morgan fingerprint density at radius 3 is 2.09 bits per heavy atom. The third kappa shape index (κ3) is 4.59. The second kappa shape index (κ2) is 9.19. The number of piperazine rings is 1. The van der Waals surface area contributed by atoms with E-state index < -0.39 is 29.2 Å². The maximum absolute atomic E-state index is 12.7. The number of non-ortho nitro benzene ring substituents is 1. The molecule has 0 aromatic heterocycles. The first-order valence-electron chi connectivity index (χ1n) is 10.6. The van der Waals surface area contributed by atoms with Crippen LogP contribution < -0.4 is 0 Å². The third-order valence-corrected chi connectivity index (χ3v) is 5.91. The van der Waals surface area contributed by atoms with Crippen LogP contribution in [0.4, 0.5) is 5.69 Å². The van der Waals surface area contributed by atoms with Gasteiger partial charge in [0.05, 0.1) is 16.1 Å². The number of rotatable bonds is 6. The van der Waals surface area contributed by atoms with E-state index in [0.29, 0.717) is 39.0 Å². The van der Waals surface area contributed by atoms with E-state index >= 15 is 0 Å². The van der Waals surface area contributed by atoms with E-state index in [1.807, 2.05) is 30.3 Å². The van der Waals surface area contributed by atoms with Gasteiger partial charge in [0.15, 0.2) is 0 Å². The molecular formula is C23H22N4O6. The smallest absolute Gasteiger partial charge is 0.270 e. The van der Waals surface area contributed by atoms with E-state index in [1.54, 1.807) is 4.90 Å². The number of nitrogens with zero attached hydrogens (tertiary/aromatic N) is 4. The lowest BCUT2D eigenvalue weighted by atomic mass is 10.1. The van der Waals surface area contributed by atoms with Gasteiger partial charge >= 0.3 is 0 Å². The Balaban J connectivity index is 1.30. The maximum atomic E-state index is 12.7. The molecule has 1 fully saturated rings. The molecular weight excluding hydrogens is 428 g/mol. The SMILES string of the molecule is O=C(CCc1ccccc1)N1CCN(C(=O)CN2C(=O)c3ccc([N+](=O)[O-])cc3C2=O)CC1. The van der Waals surface area contributed by atoms with Crippen molar-refractivity contribution in [1.29, 1.82) is 0 Å². The first kappa shape index (κ1) is 22.1. The van der Waals surface area contributed by atoms with Gasteiger partial charge in [-0.05, 0) is 18.1 Å². The van der Waals surface area contributed by atoms with Crippen molar-refractivity contribution in [2.75, 3.05) is 32.7 Å². The van der Waals surface area contributed by atoms with Gasteiger partial charge in [0.25, 0.3) is 17.5 Å². The Kier molecular flexibility index (Phi) is 6.16. The van der Waals surface area contributed by atoms with Crippen molar-refractivity contribution in [1.82, 2.24) is 14.7 Å². The summed E-state index contributed by atoms with van der Waals surface area (Å²) in [5.41, 5.74) is 0.769. The van der Waals surface area contributed by atoms with Crippen LogP contribution in [0.15, 0.2) is 48.5 Å². The Morgan fingerprint density at radius 1 is 0.848 bits per heavy atom. The molecule has 0 bridgehead atoms. The van der Waals surface area contributed by atoms with E-state index in [9.17, 15) is 29.3 Å². The van der Waals surface area contributed by atoms with Crippen LogP contribution in [0.3, 0.4) is 0 Å². The predicted octanol–water partition coefficient (Wildman–Crippen LogP) is 1.49. The van der Waals surface area contributed by atoms with Crippen LogP contribution in [0.5, 0.6) is 0 Å². The number of hydrogen-bond donors (Lipinski definition) is 0. The van der Waals surface area contributed by atoms with Crippen molar-refractivity contribution in [2.24, 2.45) is 0 Å². The highest BCUT2D eigenvalue weighted by atomic mass is 16.6. The summed E-state index contributed by atoms with van der Waals surface area (Å²) in [7, 11) is 0. The van der Waals surface area contributed by atoms with Crippen molar-refractivity contribution < 1.29 is 24.1 Å². The van der Waals surface area contributed by atoms with Gasteiger partial charge in [0.2, 0.25) is 11.8 Å². The van der Waals surface area contributed by atoms with Crippen molar-refractivity contribution in [3.8, 4) is 0 Å². The lowest BCUT2D eigenvalue weighted by molar-refractivity contribution is -0.384. The minimum Gasteiger partial charge on any atom is -0.339 e. The average Bonchev–Trinajstić information content (AvgIpc) is 3.07. The molecule has 2 aliphatic rings. The molecule has 0 spiro atoms. The quantitative estimate of drug-likeness (QED) is 0.374. The van der Waals surface area contributed by atoms with Crippen LogP contribution in [0.2, 0.25) is 0 Å². The van der Waals surface area contributed by atoms with Crippen LogP contribution in [0, 0.1) is 10.1 Å². The van der Waals surface area contributed by atoms with Crippen LogP contribution in [0.1, 0.15) is 32.7 Å². The summed E-state index contributed by atoms with van der Waals surface area (Å²) in [6.45, 7) is 0.943. The largest absolute Gasteiger partial charge is 0.339 e. The second-order valence-corrected chi connectivity index (χ2v) is 7.93. The molecule has 33 heavy (non-hydrogen) atoms. The zero-order valence-electron chi connectivity index (χ0n) is 17.8. The molecule has 2 aromatic rings. The number of fused-ring (bicyclic) bond motifs is 1. The van der Waals surface area contributed by atoms with E-state index in [1.165, 1.54) is 11.0 Å². The normalized spacial score (nSPS) is 15.6. The number of imide groups is 1. The Bertz CT molecular complexity index is 1130. The summed E-state index contributed by atoms with van der Waals surface area (Å²) in [4.78, 5) is 64.7. The minimum atomic E-state index is -0.721. The van der Waals surface area contributed by atoms with Gasteiger partial charge in [0.1, 0.15) is 6.54 Å². The van der Waals surface area contributed by atoms with E-state index in [-0.39, 0.29) is 22.7 Å². The molecule has 0 aliphatic carbocycles. The standard InChI is InChI=1S/C23H22N4O6/c28-20(9-6-16-4-2-1-3-5-16)24-10-12-25(13-11-24)21(29)15-26-22(30)18-8-7-17(27(32)33)14-19(18)23(26)31/h1-5,7-8,14H,6,9-13,15H2. The van der Waals surface area contributed by atoms with Gasteiger partial charge in [-0.15, -0.1) is 0 Å². The topological polar surface area (TPSA) is 121 Å². The fraction of sp³-hybridized carbons (Fsp3) is 0.304. The number of carbonyl (C=O) groups excluding carboxylic acids is 4. The monoisotopic (exact) mass is 450 g/mol. The van der Waals surface area contributed by atoms with Crippen molar-refractivity contribution in [3.05, 3.63) is 75.3 Å². The predicted molar refractivity (Wildman–Crippen MR) is 116 cm³/mol. The highest BCUT2D eigenvalue weighted by Gasteiger charge is 2.39. The van der Waals surface area contributed by atoms with Crippen LogP contribution in [0.25, 0.3) is 0 Å². The fourth-order valence-corrected chi connectivity index (χ4v) is 4.03. The molecule has 2 heterocycles. The fourth-order valence-electron chi connectivity index (χ4n) is 4.03. The number of aryl methyl sites for hydroxylation is 1. The van der Waals surface area contributed by atoms with Gasteiger partial charge in [-0.2, -0.15) is 0 Å². The lowest BCUT2D eigenvalue weighted by Crippen LogP contribution is -2.53. The Labute approximate surface area is 189 Å². The van der Waals surface area contributed by atoms with E-state index in [0.717, 1.165) is 22.6 Å². The van der Waals surface area contributed by atoms with Gasteiger partial charge in [-0.25, -0.2) is 0 Å². The summed E-state index contributed by atoms with van der Waals surface area (Å²) in [6.07, 6.45) is 1.04. The first-order chi connectivity index (χ1) is 15.8. The number of nitro groups is 1. The zero-order chi connectivity index (χ0) is 23.5. The van der Waals surface area contributed by atoms with Crippen LogP contribution >= 0.6 is 0 Å². The summed E-state index contributed by atoms with van der Waals surface area (Å²) in [5, 5.41) is 10.9. The van der Waals surface area contributed by atoms with Gasteiger partial charge in [0, 0.05) is 44.7 Å². The van der Waals surface area contributed by atoms with Crippen LogP contribution in [-0.4, -0.2) is 76.0 Å². The molecule has 0 radical (unpaired) electrons. The number of benzene rings is 2. The molecule has 0 unspecified atom stereocenters. The summed E-state index contributed by atoms with van der Waals surface area (Å²) >= 11 is 0. The molecule has 0 saturated carbocycles. The molecule has 2 aliphatic heterocycles. The summed E-state index contributed by atoms with van der Waals surface area (Å²) in [6, 6.07) is 13.2. The van der Waals surface area contributed by atoms with Gasteiger partial charge in [-0.1, -0.05) is 30.3 Å². The molecule has 170 valence electrons. The van der Waals surface area contributed by atoms with Crippen molar-refractivity contribution >= 4 is 29.3 Å². The lowest BCUT2D eigenvalue weighted by Gasteiger charge is -2.35. The molecule has 1 saturated heterocycles. The first-order valence-corrected chi connectivity index (χ1v) is 10.6. The average molecular weight is 450 g/mol.